The number of aromatic nitrogens is 4. The first-order valence-electron chi connectivity index (χ1n) is 14.5. The molecule has 40 heavy (non-hydrogen) atoms. The lowest BCUT2D eigenvalue weighted by Crippen LogP contribution is -2.33. The zero-order valence-electron chi connectivity index (χ0n) is 23.4. The number of carbonyl (C=O) groups excluding carboxylic acids is 1. The van der Waals surface area contributed by atoms with Gasteiger partial charge in [0.25, 0.3) is 0 Å². The molecule has 216 valence electrons. The molecule has 11 heteroatoms. The SMILES string of the molecule is CCCCNC(=O)OCC1CCC(n2c(Nc3cccc(Cl)c3)nc3cnc(N[C@H]4CCO[C@@H](C)C4)nc32)CC1. The van der Waals surface area contributed by atoms with E-state index in [0.29, 0.717) is 30.0 Å². The summed E-state index contributed by atoms with van der Waals surface area (Å²) in [7, 11) is 0. The van der Waals surface area contributed by atoms with Gasteiger partial charge >= 0.3 is 6.09 Å². The van der Waals surface area contributed by atoms with Crippen molar-refractivity contribution in [2.45, 2.75) is 83.4 Å². The van der Waals surface area contributed by atoms with Crippen molar-refractivity contribution >= 4 is 46.4 Å². The molecule has 0 unspecified atom stereocenters. The summed E-state index contributed by atoms with van der Waals surface area (Å²) < 4.78 is 13.4. The van der Waals surface area contributed by atoms with Crippen molar-refractivity contribution in [3.8, 4) is 0 Å². The molecule has 2 fully saturated rings. The Morgan fingerprint density at radius 3 is 2.83 bits per heavy atom. The van der Waals surface area contributed by atoms with Gasteiger partial charge in [0.15, 0.2) is 5.65 Å². The molecule has 2 atom stereocenters. The third-order valence-corrected chi connectivity index (χ3v) is 8.00. The Balaban J connectivity index is 1.32. The topological polar surface area (TPSA) is 115 Å². The van der Waals surface area contributed by atoms with Gasteiger partial charge in [-0.3, -0.25) is 4.57 Å². The number of rotatable bonds is 10. The highest BCUT2D eigenvalue weighted by Gasteiger charge is 2.28. The number of alkyl carbamates (subject to hydrolysis) is 1. The van der Waals surface area contributed by atoms with Crippen molar-refractivity contribution in [2.75, 3.05) is 30.4 Å². The van der Waals surface area contributed by atoms with Gasteiger partial charge < -0.3 is 25.4 Å². The maximum Gasteiger partial charge on any atom is 0.407 e. The summed E-state index contributed by atoms with van der Waals surface area (Å²) in [6.45, 7) is 6.04. The van der Waals surface area contributed by atoms with E-state index in [-0.39, 0.29) is 24.3 Å². The number of hydrogen-bond acceptors (Lipinski definition) is 8. The van der Waals surface area contributed by atoms with E-state index in [1.807, 2.05) is 24.3 Å². The monoisotopic (exact) mass is 569 g/mol. The molecule has 2 aromatic heterocycles. The number of imidazole rings is 1. The Morgan fingerprint density at radius 1 is 1.20 bits per heavy atom. The van der Waals surface area contributed by atoms with Crippen molar-refractivity contribution in [2.24, 2.45) is 5.92 Å². The van der Waals surface area contributed by atoms with Gasteiger partial charge in [0.1, 0.15) is 5.52 Å². The molecule has 3 aromatic rings. The molecule has 0 bridgehead atoms. The second-order valence-corrected chi connectivity index (χ2v) is 11.4. The molecule has 0 radical (unpaired) electrons. The minimum Gasteiger partial charge on any atom is -0.449 e. The van der Waals surface area contributed by atoms with Crippen LogP contribution in [-0.4, -0.2) is 57.5 Å². The quantitative estimate of drug-likeness (QED) is 0.238. The van der Waals surface area contributed by atoms with Crippen LogP contribution in [-0.2, 0) is 9.47 Å². The van der Waals surface area contributed by atoms with Crippen LogP contribution in [0.1, 0.15) is 71.3 Å². The first-order chi connectivity index (χ1) is 19.5. The molecule has 1 amide bonds. The molecule has 3 heterocycles. The zero-order chi connectivity index (χ0) is 27.9. The minimum atomic E-state index is -0.320. The zero-order valence-corrected chi connectivity index (χ0v) is 24.1. The van der Waals surface area contributed by atoms with Gasteiger partial charge in [-0.15, -0.1) is 0 Å². The minimum absolute atomic E-state index is 0.201. The summed E-state index contributed by atoms with van der Waals surface area (Å²) in [6.07, 6.45) is 9.33. The van der Waals surface area contributed by atoms with Crippen LogP contribution in [0.3, 0.4) is 0 Å². The lowest BCUT2D eigenvalue weighted by molar-refractivity contribution is 0.0231. The molecular weight excluding hydrogens is 530 g/mol. The Bertz CT molecular complexity index is 1280. The Morgan fingerprint density at radius 2 is 2.05 bits per heavy atom. The maximum absolute atomic E-state index is 12.0. The van der Waals surface area contributed by atoms with E-state index in [9.17, 15) is 4.79 Å². The van der Waals surface area contributed by atoms with E-state index in [4.69, 9.17) is 31.0 Å². The van der Waals surface area contributed by atoms with Gasteiger partial charge in [-0.25, -0.2) is 14.8 Å². The van der Waals surface area contributed by atoms with Gasteiger partial charge in [-0.1, -0.05) is 31.0 Å². The van der Waals surface area contributed by atoms with Crippen LogP contribution in [0.5, 0.6) is 0 Å². The maximum atomic E-state index is 12.0. The van der Waals surface area contributed by atoms with Crippen LogP contribution < -0.4 is 16.0 Å². The predicted octanol–water partition coefficient (Wildman–Crippen LogP) is 6.46. The number of anilines is 3. The number of benzene rings is 1. The summed E-state index contributed by atoms with van der Waals surface area (Å²) in [6, 6.07) is 8.10. The van der Waals surface area contributed by atoms with Crippen molar-refractivity contribution in [1.82, 2.24) is 24.8 Å². The molecule has 1 saturated heterocycles. The molecule has 3 N–H and O–H groups in total. The molecule has 2 aliphatic rings. The van der Waals surface area contributed by atoms with E-state index >= 15 is 0 Å². The van der Waals surface area contributed by atoms with Crippen LogP contribution in [0.2, 0.25) is 5.02 Å². The first-order valence-corrected chi connectivity index (χ1v) is 14.9. The predicted molar refractivity (Wildman–Crippen MR) is 157 cm³/mol. The number of nitrogens with zero attached hydrogens (tertiary/aromatic N) is 4. The fourth-order valence-electron chi connectivity index (χ4n) is 5.58. The van der Waals surface area contributed by atoms with Crippen LogP contribution in [0, 0.1) is 5.92 Å². The van der Waals surface area contributed by atoms with E-state index < -0.39 is 0 Å². The number of carbonyl (C=O) groups is 1. The summed E-state index contributed by atoms with van der Waals surface area (Å²) in [5.41, 5.74) is 2.41. The van der Waals surface area contributed by atoms with Gasteiger partial charge in [-0.05, 0) is 76.0 Å². The summed E-state index contributed by atoms with van der Waals surface area (Å²) >= 11 is 6.26. The standard InChI is InChI=1S/C29H40ClN7O3/c1-3-4-13-31-29(38)40-18-20-8-10-24(11-9-20)37-26-25(35-28(37)34-22-7-5-6-21(30)16-22)17-32-27(36-26)33-23-12-14-39-19(2)15-23/h5-7,16-17,19-20,23-24H,3-4,8-15,18H2,1-2H3,(H,31,38)(H,34,35)(H,32,33,36)/t19-,20?,23-,24?/m0/s1. The number of fused-ring (bicyclic) bond motifs is 1. The van der Waals surface area contributed by atoms with Crippen LogP contribution in [0.4, 0.5) is 22.4 Å². The smallest absolute Gasteiger partial charge is 0.407 e. The fraction of sp³-hybridized carbons (Fsp3) is 0.586. The average molecular weight is 570 g/mol. The summed E-state index contributed by atoms with van der Waals surface area (Å²) in [5.74, 6) is 1.67. The highest BCUT2D eigenvalue weighted by molar-refractivity contribution is 6.30. The molecule has 5 rings (SSSR count). The van der Waals surface area contributed by atoms with E-state index in [0.717, 1.165) is 80.8 Å². The number of unbranched alkanes of at least 4 members (excludes halogenated alkanes) is 1. The molecule has 1 aliphatic carbocycles. The van der Waals surface area contributed by atoms with Crippen LogP contribution in [0.25, 0.3) is 11.2 Å². The molecule has 0 spiro atoms. The summed E-state index contributed by atoms with van der Waals surface area (Å²) in [5, 5.41) is 10.5. The number of hydrogen-bond donors (Lipinski definition) is 3. The van der Waals surface area contributed by atoms with Crippen molar-refractivity contribution in [1.29, 1.82) is 0 Å². The Kier molecular flexibility index (Phi) is 9.59. The number of nitrogens with one attached hydrogen (secondary N) is 3. The van der Waals surface area contributed by atoms with Crippen molar-refractivity contribution in [3.63, 3.8) is 0 Å². The summed E-state index contributed by atoms with van der Waals surface area (Å²) in [4.78, 5) is 26.4. The molecule has 10 nitrogen and oxygen atoms in total. The Labute approximate surface area is 240 Å². The highest BCUT2D eigenvalue weighted by Crippen LogP contribution is 2.37. The highest BCUT2D eigenvalue weighted by atomic mass is 35.5. The average Bonchev–Trinajstić information content (AvgIpc) is 3.29. The second kappa shape index (κ2) is 13.5. The number of halogens is 1. The first kappa shape index (κ1) is 28.4. The van der Waals surface area contributed by atoms with Gasteiger partial charge in [0, 0.05) is 35.9 Å². The van der Waals surface area contributed by atoms with E-state index in [2.05, 4.69) is 39.3 Å². The van der Waals surface area contributed by atoms with Gasteiger partial charge in [-0.2, -0.15) is 4.98 Å². The molecule has 1 saturated carbocycles. The van der Waals surface area contributed by atoms with E-state index in [1.165, 1.54) is 0 Å². The number of ether oxygens (including phenoxy) is 2. The van der Waals surface area contributed by atoms with Crippen LogP contribution in [0.15, 0.2) is 30.5 Å². The number of amides is 1. The fourth-order valence-corrected chi connectivity index (χ4v) is 5.77. The molecule has 1 aliphatic heterocycles. The Hall–Kier alpha value is -3.11. The molecular formula is C29H40ClN7O3. The van der Waals surface area contributed by atoms with Gasteiger partial charge in [0.2, 0.25) is 11.9 Å². The second-order valence-electron chi connectivity index (χ2n) is 10.9. The molecule has 1 aromatic carbocycles. The van der Waals surface area contributed by atoms with Crippen molar-refractivity contribution in [3.05, 3.63) is 35.5 Å². The largest absolute Gasteiger partial charge is 0.449 e. The van der Waals surface area contributed by atoms with Crippen molar-refractivity contribution < 1.29 is 14.3 Å². The lowest BCUT2D eigenvalue weighted by atomic mass is 9.86. The lowest BCUT2D eigenvalue weighted by Gasteiger charge is -2.30. The third-order valence-electron chi connectivity index (χ3n) is 7.76. The van der Waals surface area contributed by atoms with Gasteiger partial charge in [0.05, 0.1) is 18.9 Å². The van der Waals surface area contributed by atoms with E-state index in [1.54, 1.807) is 6.20 Å². The third kappa shape index (κ3) is 7.34. The van der Waals surface area contributed by atoms with Crippen LogP contribution >= 0.6 is 11.6 Å². The normalized spacial score (nSPS) is 23.1.